The van der Waals surface area contributed by atoms with Crippen molar-refractivity contribution in [2.75, 3.05) is 11.9 Å². The molecule has 2 rings (SSSR count). The Balaban J connectivity index is 2.08. The third-order valence-corrected chi connectivity index (χ3v) is 2.99. The van der Waals surface area contributed by atoms with Gasteiger partial charge in [0.1, 0.15) is 23.6 Å². The van der Waals surface area contributed by atoms with E-state index in [2.05, 4.69) is 5.32 Å². The molecule has 0 aliphatic heterocycles. The van der Waals surface area contributed by atoms with Crippen LogP contribution in [0.25, 0.3) is 0 Å². The SMILES string of the molecule is Cc1cc(NCC(O)c2c(F)cccc2F)ccc1F. The summed E-state index contributed by atoms with van der Waals surface area (Å²) in [6, 6.07) is 7.74. The molecule has 106 valence electrons. The highest BCUT2D eigenvalue weighted by molar-refractivity contribution is 5.46. The molecule has 0 aliphatic rings. The average molecular weight is 281 g/mol. The van der Waals surface area contributed by atoms with Gasteiger partial charge in [0.15, 0.2) is 0 Å². The Morgan fingerprint density at radius 1 is 1.05 bits per heavy atom. The molecule has 0 bridgehead atoms. The largest absolute Gasteiger partial charge is 0.386 e. The molecular formula is C15H14F3NO. The molecule has 0 saturated carbocycles. The molecule has 1 atom stereocenters. The molecule has 1 unspecified atom stereocenters. The normalized spacial score (nSPS) is 12.2. The molecule has 5 heteroatoms. The fourth-order valence-electron chi connectivity index (χ4n) is 1.90. The van der Waals surface area contributed by atoms with E-state index in [4.69, 9.17) is 0 Å². The third-order valence-electron chi connectivity index (χ3n) is 2.99. The van der Waals surface area contributed by atoms with E-state index in [1.165, 1.54) is 18.2 Å². The number of anilines is 1. The smallest absolute Gasteiger partial charge is 0.132 e. The quantitative estimate of drug-likeness (QED) is 0.898. The van der Waals surface area contributed by atoms with Gasteiger partial charge in [-0.2, -0.15) is 0 Å². The first-order valence-electron chi connectivity index (χ1n) is 6.11. The number of halogens is 3. The molecule has 2 N–H and O–H groups in total. The summed E-state index contributed by atoms with van der Waals surface area (Å²) in [4.78, 5) is 0. The van der Waals surface area contributed by atoms with E-state index in [0.29, 0.717) is 11.3 Å². The van der Waals surface area contributed by atoms with Crippen molar-refractivity contribution in [1.82, 2.24) is 0 Å². The second kappa shape index (κ2) is 5.96. The van der Waals surface area contributed by atoms with Gasteiger partial charge in [-0.05, 0) is 42.8 Å². The molecule has 0 fully saturated rings. The summed E-state index contributed by atoms with van der Waals surface area (Å²) in [5, 5.41) is 12.7. The van der Waals surface area contributed by atoms with Crippen molar-refractivity contribution in [3.63, 3.8) is 0 Å². The van der Waals surface area contributed by atoms with E-state index in [9.17, 15) is 18.3 Å². The first kappa shape index (κ1) is 14.4. The average Bonchev–Trinajstić information content (AvgIpc) is 2.40. The predicted molar refractivity (Wildman–Crippen MR) is 70.9 cm³/mol. The Kier molecular flexibility index (Phi) is 4.29. The maximum atomic E-state index is 13.5. The van der Waals surface area contributed by atoms with E-state index < -0.39 is 17.7 Å². The standard InChI is InChI=1S/C15H14F3NO/c1-9-7-10(5-6-11(9)16)19-8-14(20)15-12(17)3-2-4-13(15)18/h2-7,14,19-20H,8H2,1H3. The molecule has 0 amide bonds. The van der Waals surface area contributed by atoms with E-state index in [1.54, 1.807) is 13.0 Å². The molecule has 0 aromatic heterocycles. The second-order valence-electron chi connectivity index (χ2n) is 4.50. The summed E-state index contributed by atoms with van der Waals surface area (Å²) in [6.45, 7) is 1.52. The van der Waals surface area contributed by atoms with Crippen molar-refractivity contribution in [1.29, 1.82) is 0 Å². The fourth-order valence-corrected chi connectivity index (χ4v) is 1.90. The van der Waals surface area contributed by atoms with Gasteiger partial charge in [-0.1, -0.05) is 6.07 Å². The Morgan fingerprint density at radius 3 is 2.30 bits per heavy atom. The predicted octanol–water partition coefficient (Wildman–Crippen LogP) is 3.56. The first-order chi connectivity index (χ1) is 9.49. The lowest BCUT2D eigenvalue weighted by atomic mass is 10.1. The fraction of sp³-hybridized carbons (Fsp3) is 0.200. The van der Waals surface area contributed by atoms with Crippen molar-refractivity contribution in [3.8, 4) is 0 Å². The van der Waals surface area contributed by atoms with Gasteiger partial charge in [-0.15, -0.1) is 0 Å². The Hall–Kier alpha value is -2.01. The molecule has 20 heavy (non-hydrogen) atoms. The van der Waals surface area contributed by atoms with Crippen molar-refractivity contribution < 1.29 is 18.3 Å². The van der Waals surface area contributed by atoms with E-state index in [1.807, 2.05) is 0 Å². The summed E-state index contributed by atoms with van der Waals surface area (Å²) in [6.07, 6.45) is -1.33. The number of hydrogen-bond acceptors (Lipinski definition) is 2. The van der Waals surface area contributed by atoms with Gasteiger partial charge in [0.05, 0.1) is 5.56 Å². The van der Waals surface area contributed by atoms with Gasteiger partial charge in [-0.3, -0.25) is 0 Å². The molecular weight excluding hydrogens is 267 g/mol. The van der Waals surface area contributed by atoms with Crippen molar-refractivity contribution >= 4 is 5.69 Å². The minimum absolute atomic E-state index is 0.0804. The van der Waals surface area contributed by atoms with Crippen LogP contribution in [0.1, 0.15) is 17.2 Å². The van der Waals surface area contributed by atoms with Crippen LogP contribution in [0.2, 0.25) is 0 Å². The number of hydrogen-bond donors (Lipinski definition) is 2. The van der Waals surface area contributed by atoms with Crippen LogP contribution in [-0.4, -0.2) is 11.7 Å². The lowest BCUT2D eigenvalue weighted by Gasteiger charge is -2.15. The number of aliphatic hydroxyl groups is 1. The van der Waals surface area contributed by atoms with Crippen LogP contribution in [0, 0.1) is 24.4 Å². The minimum Gasteiger partial charge on any atom is -0.386 e. The van der Waals surface area contributed by atoms with Crippen LogP contribution in [0.4, 0.5) is 18.9 Å². The van der Waals surface area contributed by atoms with Gasteiger partial charge in [0.2, 0.25) is 0 Å². The zero-order valence-electron chi connectivity index (χ0n) is 10.8. The summed E-state index contributed by atoms with van der Waals surface area (Å²) >= 11 is 0. The van der Waals surface area contributed by atoms with Crippen molar-refractivity contribution in [3.05, 3.63) is 65.0 Å². The van der Waals surface area contributed by atoms with Gasteiger partial charge in [-0.25, -0.2) is 13.2 Å². The van der Waals surface area contributed by atoms with Gasteiger partial charge >= 0.3 is 0 Å². The van der Waals surface area contributed by atoms with E-state index in [0.717, 1.165) is 12.1 Å². The minimum atomic E-state index is -1.33. The molecule has 2 aromatic rings. The molecule has 2 nitrogen and oxygen atoms in total. The van der Waals surface area contributed by atoms with Crippen LogP contribution in [-0.2, 0) is 0 Å². The number of aryl methyl sites for hydroxylation is 1. The highest BCUT2D eigenvalue weighted by atomic mass is 19.1. The van der Waals surface area contributed by atoms with Gasteiger partial charge in [0, 0.05) is 12.2 Å². The number of benzene rings is 2. The van der Waals surface area contributed by atoms with Crippen LogP contribution in [0.15, 0.2) is 36.4 Å². The van der Waals surface area contributed by atoms with Crippen LogP contribution >= 0.6 is 0 Å². The molecule has 0 saturated heterocycles. The number of rotatable bonds is 4. The molecule has 0 radical (unpaired) electrons. The molecule has 0 aliphatic carbocycles. The first-order valence-corrected chi connectivity index (χ1v) is 6.11. The molecule has 2 aromatic carbocycles. The van der Waals surface area contributed by atoms with Crippen LogP contribution < -0.4 is 5.32 Å². The topological polar surface area (TPSA) is 32.3 Å². The van der Waals surface area contributed by atoms with Crippen LogP contribution in [0.3, 0.4) is 0 Å². The summed E-state index contributed by atoms with van der Waals surface area (Å²) in [7, 11) is 0. The number of aliphatic hydroxyl groups excluding tert-OH is 1. The van der Waals surface area contributed by atoms with E-state index >= 15 is 0 Å². The monoisotopic (exact) mass is 281 g/mol. The maximum Gasteiger partial charge on any atom is 0.132 e. The maximum absolute atomic E-state index is 13.5. The highest BCUT2D eigenvalue weighted by Crippen LogP contribution is 2.21. The van der Waals surface area contributed by atoms with Gasteiger partial charge < -0.3 is 10.4 Å². The summed E-state index contributed by atoms with van der Waals surface area (Å²) in [5.41, 5.74) is 0.639. The van der Waals surface area contributed by atoms with Crippen LogP contribution in [0.5, 0.6) is 0 Å². The lowest BCUT2D eigenvalue weighted by molar-refractivity contribution is 0.181. The Bertz CT molecular complexity index is 596. The third kappa shape index (κ3) is 3.11. The zero-order valence-corrected chi connectivity index (χ0v) is 10.8. The van der Waals surface area contributed by atoms with E-state index in [-0.39, 0.29) is 17.9 Å². The Morgan fingerprint density at radius 2 is 1.70 bits per heavy atom. The van der Waals surface area contributed by atoms with Crippen molar-refractivity contribution in [2.45, 2.75) is 13.0 Å². The lowest BCUT2D eigenvalue weighted by Crippen LogP contribution is -2.15. The highest BCUT2D eigenvalue weighted by Gasteiger charge is 2.17. The van der Waals surface area contributed by atoms with Gasteiger partial charge in [0.25, 0.3) is 0 Å². The molecule has 0 heterocycles. The Labute approximate surface area is 114 Å². The zero-order chi connectivity index (χ0) is 14.7. The summed E-state index contributed by atoms with van der Waals surface area (Å²) in [5.74, 6) is -1.93. The number of nitrogens with one attached hydrogen (secondary N) is 1. The second-order valence-corrected chi connectivity index (χ2v) is 4.50. The van der Waals surface area contributed by atoms with Crippen molar-refractivity contribution in [2.24, 2.45) is 0 Å². The summed E-state index contributed by atoms with van der Waals surface area (Å²) < 4.78 is 40.0. The molecule has 0 spiro atoms.